The lowest BCUT2D eigenvalue weighted by molar-refractivity contribution is 0.296. The van der Waals surface area contributed by atoms with Crippen LogP contribution in [0.15, 0.2) is 71.3 Å². The molecule has 0 unspecified atom stereocenters. The number of benzene rings is 3. The van der Waals surface area contributed by atoms with Gasteiger partial charge in [-0.15, -0.1) is 5.10 Å². The Kier molecular flexibility index (Phi) is 6.58. The smallest absolute Gasteiger partial charge is 0.294 e. The molecule has 0 fully saturated rings. The number of furan rings is 1. The van der Waals surface area contributed by atoms with Crippen molar-refractivity contribution in [3.63, 3.8) is 0 Å². The van der Waals surface area contributed by atoms with Crippen LogP contribution in [-0.4, -0.2) is 28.8 Å². The largest absolute Gasteiger partial charge is 0.496 e. The molecule has 39 heavy (non-hydrogen) atoms. The van der Waals surface area contributed by atoms with E-state index in [0.29, 0.717) is 46.9 Å². The van der Waals surface area contributed by atoms with E-state index in [1.807, 2.05) is 48.7 Å². The van der Waals surface area contributed by atoms with Gasteiger partial charge < -0.3 is 23.4 Å². The molecule has 198 valence electrons. The van der Waals surface area contributed by atoms with Crippen LogP contribution < -0.4 is 18.9 Å². The van der Waals surface area contributed by atoms with Gasteiger partial charge in [0.05, 0.1) is 25.8 Å². The minimum atomic E-state index is 0.355. The molecule has 3 aromatic heterocycles. The van der Waals surface area contributed by atoms with E-state index in [0.717, 1.165) is 21.7 Å². The van der Waals surface area contributed by atoms with E-state index >= 15 is 0 Å². The fraction of sp³-hybridized carbons (Fsp3) is 0.200. The number of hydrogen-bond donors (Lipinski definition) is 0. The first-order chi connectivity index (χ1) is 19.0. The fourth-order valence-electron chi connectivity index (χ4n) is 4.33. The Morgan fingerprint density at radius 3 is 2.62 bits per heavy atom. The van der Waals surface area contributed by atoms with Crippen molar-refractivity contribution in [3.8, 4) is 33.9 Å². The third-order valence-corrected chi connectivity index (χ3v) is 7.34. The molecule has 9 heteroatoms. The van der Waals surface area contributed by atoms with E-state index in [1.54, 1.807) is 18.7 Å². The van der Waals surface area contributed by atoms with E-state index in [2.05, 4.69) is 42.1 Å². The third-order valence-electron chi connectivity index (χ3n) is 6.45. The molecule has 3 aromatic carbocycles. The van der Waals surface area contributed by atoms with Gasteiger partial charge >= 0.3 is 0 Å². The molecule has 0 aliphatic heterocycles. The molecule has 0 aliphatic rings. The van der Waals surface area contributed by atoms with Crippen LogP contribution >= 0.6 is 11.3 Å². The maximum atomic E-state index is 6.28. The molecule has 0 saturated carbocycles. The summed E-state index contributed by atoms with van der Waals surface area (Å²) in [5.41, 5.74) is 5.92. The average molecular weight is 542 g/mol. The van der Waals surface area contributed by atoms with Crippen molar-refractivity contribution in [2.75, 3.05) is 14.2 Å². The Hall–Kier alpha value is -4.50. The zero-order valence-corrected chi connectivity index (χ0v) is 22.9. The first kappa shape index (κ1) is 24.8. The predicted molar refractivity (Wildman–Crippen MR) is 150 cm³/mol. The fourth-order valence-corrected chi connectivity index (χ4v) is 5.03. The Morgan fingerprint density at radius 1 is 0.897 bits per heavy atom. The van der Waals surface area contributed by atoms with Crippen LogP contribution in [0.1, 0.15) is 22.3 Å². The zero-order valence-electron chi connectivity index (χ0n) is 22.1. The van der Waals surface area contributed by atoms with Crippen molar-refractivity contribution in [2.45, 2.75) is 27.1 Å². The highest BCUT2D eigenvalue weighted by molar-refractivity contribution is 7.18. The van der Waals surface area contributed by atoms with Gasteiger partial charge in [-0.05, 0) is 60.1 Å². The molecular weight excluding hydrogens is 514 g/mol. The quantitative estimate of drug-likeness (QED) is 0.195. The predicted octanol–water partition coefficient (Wildman–Crippen LogP) is 7.00. The number of aryl methyl sites for hydroxylation is 2. The average Bonchev–Trinajstić information content (AvgIpc) is 3.65. The summed E-state index contributed by atoms with van der Waals surface area (Å²) < 4.78 is 30.9. The highest BCUT2D eigenvalue weighted by atomic mass is 32.1. The van der Waals surface area contributed by atoms with Crippen LogP contribution in [0.2, 0.25) is 0 Å². The van der Waals surface area contributed by atoms with Gasteiger partial charge in [0, 0.05) is 12.1 Å². The molecule has 6 rings (SSSR count). The lowest BCUT2D eigenvalue weighted by Gasteiger charge is -2.12. The van der Waals surface area contributed by atoms with Crippen molar-refractivity contribution < 1.29 is 23.4 Å². The Labute approximate surface area is 229 Å². The number of rotatable bonds is 9. The molecule has 0 amide bonds. The van der Waals surface area contributed by atoms with Gasteiger partial charge in [-0.1, -0.05) is 35.9 Å². The lowest BCUT2D eigenvalue weighted by atomic mass is 10.1. The van der Waals surface area contributed by atoms with Crippen LogP contribution in [0.25, 0.3) is 27.4 Å². The number of imidazole rings is 1. The first-order valence-electron chi connectivity index (χ1n) is 12.4. The summed E-state index contributed by atoms with van der Waals surface area (Å²) >= 11 is 1.36. The van der Waals surface area contributed by atoms with E-state index < -0.39 is 0 Å². The number of nitrogens with zero attached hydrogens (tertiary/aromatic N) is 3. The minimum absolute atomic E-state index is 0.355. The van der Waals surface area contributed by atoms with Crippen molar-refractivity contribution in [1.82, 2.24) is 14.6 Å². The molecule has 0 aliphatic carbocycles. The standard InChI is InChI=1S/C30H27N3O5S/c1-18-8-9-19(2)21(10-18)17-36-22-7-5-6-20(11-22)16-37-26-12-23(34-3)13-27-24(26)14-28(38-27)25-15-33-29(31-25)39-30(32-33)35-4/h5-15H,16-17H2,1-4H3. The summed E-state index contributed by atoms with van der Waals surface area (Å²) in [4.78, 5) is 5.35. The van der Waals surface area contributed by atoms with E-state index in [1.165, 1.54) is 28.0 Å². The van der Waals surface area contributed by atoms with Crippen LogP contribution in [0, 0.1) is 13.8 Å². The minimum Gasteiger partial charge on any atom is -0.496 e. The van der Waals surface area contributed by atoms with E-state index in [9.17, 15) is 0 Å². The highest BCUT2D eigenvalue weighted by Gasteiger charge is 2.17. The van der Waals surface area contributed by atoms with Gasteiger partial charge in [0.2, 0.25) is 4.96 Å². The summed E-state index contributed by atoms with van der Waals surface area (Å²) in [7, 11) is 3.21. The summed E-state index contributed by atoms with van der Waals surface area (Å²) in [6.45, 7) is 5.06. The van der Waals surface area contributed by atoms with Gasteiger partial charge in [-0.25, -0.2) is 9.50 Å². The van der Waals surface area contributed by atoms with Crippen LogP contribution in [0.3, 0.4) is 0 Å². The second-order valence-corrected chi connectivity index (χ2v) is 10.1. The van der Waals surface area contributed by atoms with Crippen molar-refractivity contribution >= 4 is 27.3 Å². The molecule has 0 bridgehead atoms. The highest BCUT2D eigenvalue weighted by Crippen LogP contribution is 2.37. The second kappa shape index (κ2) is 10.3. The zero-order chi connectivity index (χ0) is 26.9. The molecule has 0 saturated heterocycles. The molecule has 0 atom stereocenters. The monoisotopic (exact) mass is 541 g/mol. The number of ether oxygens (including phenoxy) is 4. The van der Waals surface area contributed by atoms with Crippen LogP contribution in [0.4, 0.5) is 0 Å². The summed E-state index contributed by atoms with van der Waals surface area (Å²) in [6.07, 6.45) is 1.81. The molecule has 0 spiro atoms. The van der Waals surface area contributed by atoms with Crippen molar-refractivity contribution in [2.24, 2.45) is 0 Å². The maximum absolute atomic E-state index is 6.28. The normalized spacial score (nSPS) is 11.3. The summed E-state index contributed by atoms with van der Waals surface area (Å²) in [6, 6.07) is 20.0. The van der Waals surface area contributed by atoms with Gasteiger partial charge in [0.15, 0.2) is 5.76 Å². The van der Waals surface area contributed by atoms with Crippen LogP contribution in [0.5, 0.6) is 22.4 Å². The van der Waals surface area contributed by atoms with Crippen LogP contribution in [-0.2, 0) is 13.2 Å². The summed E-state index contributed by atoms with van der Waals surface area (Å²) in [5.74, 6) is 2.70. The van der Waals surface area contributed by atoms with Crippen molar-refractivity contribution in [1.29, 1.82) is 0 Å². The number of hydrogen-bond acceptors (Lipinski definition) is 8. The SMILES string of the molecule is COc1cc(OCc2cccc(OCc3cc(C)ccc3C)c2)c2cc(-c3cn4nc(OC)sc4n3)oc2c1. The molecule has 6 aromatic rings. The lowest BCUT2D eigenvalue weighted by Crippen LogP contribution is -2.00. The summed E-state index contributed by atoms with van der Waals surface area (Å²) in [5, 5.41) is 5.72. The Balaban J connectivity index is 1.22. The van der Waals surface area contributed by atoms with Crippen molar-refractivity contribution in [3.05, 3.63) is 89.1 Å². The third kappa shape index (κ3) is 5.13. The van der Waals surface area contributed by atoms with Gasteiger partial charge in [-0.3, -0.25) is 0 Å². The molecule has 8 nitrogen and oxygen atoms in total. The first-order valence-corrected chi connectivity index (χ1v) is 13.2. The molecule has 0 radical (unpaired) electrons. The number of aromatic nitrogens is 3. The number of fused-ring (bicyclic) bond motifs is 2. The Morgan fingerprint density at radius 2 is 1.79 bits per heavy atom. The second-order valence-electron chi connectivity index (χ2n) is 9.23. The van der Waals surface area contributed by atoms with E-state index in [-0.39, 0.29) is 0 Å². The van der Waals surface area contributed by atoms with Gasteiger partial charge in [-0.2, -0.15) is 0 Å². The van der Waals surface area contributed by atoms with Gasteiger partial charge in [0.25, 0.3) is 5.19 Å². The molecule has 0 N–H and O–H groups in total. The molecular formula is C30H27N3O5S. The topological polar surface area (TPSA) is 80.2 Å². The van der Waals surface area contributed by atoms with E-state index in [4.69, 9.17) is 23.4 Å². The molecule has 3 heterocycles. The maximum Gasteiger partial charge on any atom is 0.294 e. The Bertz CT molecular complexity index is 1750. The van der Waals surface area contributed by atoms with Gasteiger partial charge in [0.1, 0.15) is 41.7 Å². The number of methoxy groups -OCH3 is 2.